The topological polar surface area (TPSA) is 71.1 Å². The monoisotopic (exact) mass is 333 g/mol. The molecule has 2 aromatic carbocycles. The minimum atomic E-state index is -0.126. The molecule has 3 rings (SSSR count). The fourth-order valence-electron chi connectivity index (χ4n) is 2.56. The molecule has 5 heteroatoms. The van der Waals surface area contributed by atoms with Crippen molar-refractivity contribution < 1.29 is 9.59 Å². The van der Waals surface area contributed by atoms with Gasteiger partial charge in [0.1, 0.15) is 0 Å². The lowest BCUT2D eigenvalue weighted by Gasteiger charge is -2.08. The van der Waals surface area contributed by atoms with Crippen molar-refractivity contribution >= 4 is 28.4 Å². The van der Waals surface area contributed by atoms with Crippen LogP contribution in [0, 0.1) is 0 Å². The van der Waals surface area contributed by atoms with Crippen molar-refractivity contribution in [2.75, 3.05) is 11.9 Å². The predicted molar refractivity (Wildman–Crippen MR) is 98.4 cm³/mol. The Labute approximate surface area is 146 Å². The Morgan fingerprint density at radius 2 is 1.72 bits per heavy atom. The number of hydrogen-bond acceptors (Lipinski definition) is 3. The average Bonchev–Trinajstić information content (AvgIpc) is 2.66. The number of fused-ring (bicyclic) bond motifs is 1. The Morgan fingerprint density at radius 3 is 2.56 bits per heavy atom. The number of aromatic nitrogens is 1. The highest BCUT2D eigenvalue weighted by atomic mass is 16.2. The van der Waals surface area contributed by atoms with Gasteiger partial charge in [0, 0.05) is 30.1 Å². The van der Waals surface area contributed by atoms with Gasteiger partial charge in [-0.25, -0.2) is 0 Å². The van der Waals surface area contributed by atoms with Crippen LogP contribution in [0.15, 0.2) is 66.9 Å². The second-order valence-electron chi connectivity index (χ2n) is 5.65. The molecule has 0 unspecified atom stereocenters. The summed E-state index contributed by atoms with van der Waals surface area (Å²) in [5.74, 6) is -0.216. The number of carbonyl (C=O) groups excluding carboxylic acids is 2. The second kappa shape index (κ2) is 8.06. The van der Waals surface area contributed by atoms with Gasteiger partial charge in [0.05, 0.1) is 11.2 Å². The molecule has 0 saturated heterocycles. The van der Waals surface area contributed by atoms with Crippen molar-refractivity contribution in [3.05, 3.63) is 72.4 Å². The number of amides is 2. The number of hydrogen-bond donors (Lipinski definition) is 2. The average molecular weight is 333 g/mol. The number of pyridine rings is 1. The number of nitrogens with one attached hydrogen (secondary N) is 2. The Balaban J connectivity index is 1.47. The molecule has 0 saturated carbocycles. The quantitative estimate of drug-likeness (QED) is 0.679. The number of carbonyl (C=O) groups is 2. The Morgan fingerprint density at radius 1 is 0.920 bits per heavy atom. The van der Waals surface area contributed by atoms with Gasteiger partial charge >= 0.3 is 0 Å². The fraction of sp³-hybridized carbons (Fsp3) is 0.150. The zero-order chi connectivity index (χ0) is 17.5. The third-order valence-electron chi connectivity index (χ3n) is 3.81. The molecule has 0 aliphatic rings. The van der Waals surface area contributed by atoms with Gasteiger partial charge in [0.25, 0.3) is 5.91 Å². The molecule has 0 fully saturated rings. The van der Waals surface area contributed by atoms with Gasteiger partial charge in [-0.05, 0) is 30.7 Å². The van der Waals surface area contributed by atoms with Crippen molar-refractivity contribution in [3.63, 3.8) is 0 Å². The summed E-state index contributed by atoms with van der Waals surface area (Å²) >= 11 is 0. The summed E-state index contributed by atoms with van der Waals surface area (Å²) in [6.45, 7) is 0.453. The summed E-state index contributed by atoms with van der Waals surface area (Å²) in [4.78, 5) is 28.3. The lowest BCUT2D eigenvalue weighted by Crippen LogP contribution is -2.25. The van der Waals surface area contributed by atoms with Gasteiger partial charge in [-0.1, -0.05) is 36.4 Å². The van der Waals surface area contributed by atoms with Gasteiger partial charge in [0.15, 0.2) is 0 Å². The first-order valence-electron chi connectivity index (χ1n) is 8.21. The van der Waals surface area contributed by atoms with Gasteiger partial charge in [-0.3, -0.25) is 14.6 Å². The molecule has 0 spiro atoms. The van der Waals surface area contributed by atoms with Crippen molar-refractivity contribution in [1.29, 1.82) is 0 Å². The first kappa shape index (κ1) is 16.6. The maximum atomic E-state index is 12.1. The molecule has 0 radical (unpaired) electrons. The van der Waals surface area contributed by atoms with Crippen LogP contribution >= 0.6 is 0 Å². The highest BCUT2D eigenvalue weighted by molar-refractivity contribution is 6.00. The van der Waals surface area contributed by atoms with Crippen LogP contribution in [0.1, 0.15) is 23.2 Å². The van der Waals surface area contributed by atoms with Crippen LogP contribution in [0.25, 0.3) is 10.9 Å². The lowest BCUT2D eigenvalue weighted by molar-refractivity contribution is -0.116. The van der Waals surface area contributed by atoms with E-state index in [0.717, 1.165) is 10.9 Å². The largest absolute Gasteiger partial charge is 0.352 e. The molecule has 2 N–H and O–H groups in total. The zero-order valence-corrected chi connectivity index (χ0v) is 13.7. The van der Waals surface area contributed by atoms with Crippen LogP contribution < -0.4 is 10.6 Å². The van der Waals surface area contributed by atoms with E-state index in [-0.39, 0.29) is 11.8 Å². The summed E-state index contributed by atoms with van der Waals surface area (Å²) < 4.78 is 0. The third-order valence-corrected chi connectivity index (χ3v) is 3.81. The summed E-state index contributed by atoms with van der Waals surface area (Å²) in [7, 11) is 0. The molecule has 0 aliphatic heterocycles. The summed E-state index contributed by atoms with van der Waals surface area (Å²) in [6, 6.07) is 18.5. The molecule has 126 valence electrons. The van der Waals surface area contributed by atoms with Crippen LogP contribution in [-0.4, -0.2) is 23.3 Å². The van der Waals surface area contributed by atoms with Gasteiger partial charge in [-0.2, -0.15) is 0 Å². The van der Waals surface area contributed by atoms with Crippen molar-refractivity contribution in [2.24, 2.45) is 0 Å². The normalized spacial score (nSPS) is 10.4. The van der Waals surface area contributed by atoms with Crippen LogP contribution in [-0.2, 0) is 4.79 Å². The van der Waals surface area contributed by atoms with E-state index < -0.39 is 0 Å². The number of para-hydroxylation sites is 1. The number of rotatable bonds is 6. The lowest BCUT2D eigenvalue weighted by atomic mass is 10.2. The van der Waals surface area contributed by atoms with Gasteiger partial charge < -0.3 is 10.6 Å². The van der Waals surface area contributed by atoms with Crippen LogP contribution in [0.4, 0.5) is 5.69 Å². The Kier molecular flexibility index (Phi) is 5.36. The van der Waals surface area contributed by atoms with Crippen LogP contribution in [0.5, 0.6) is 0 Å². The molecule has 5 nitrogen and oxygen atoms in total. The van der Waals surface area contributed by atoms with Crippen molar-refractivity contribution in [3.8, 4) is 0 Å². The smallest absolute Gasteiger partial charge is 0.251 e. The van der Waals surface area contributed by atoms with E-state index in [1.807, 2.05) is 48.5 Å². The fourth-order valence-corrected chi connectivity index (χ4v) is 2.56. The SMILES string of the molecule is O=C(CCCNC(=O)c1ccccc1)Nc1cccc2cccnc12. The van der Waals surface area contributed by atoms with E-state index >= 15 is 0 Å². The van der Waals surface area contributed by atoms with E-state index in [1.165, 1.54) is 0 Å². The zero-order valence-electron chi connectivity index (χ0n) is 13.7. The van der Waals surface area contributed by atoms with Gasteiger partial charge in [0.2, 0.25) is 5.91 Å². The van der Waals surface area contributed by atoms with E-state index in [4.69, 9.17) is 0 Å². The van der Waals surface area contributed by atoms with Crippen molar-refractivity contribution in [2.45, 2.75) is 12.8 Å². The molecule has 1 heterocycles. The predicted octanol–water partition coefficient (Wildman–Crippen LogP) is 3.38. The van der Waals surface area contributed by atoms with E-state index in [0.29, 0.717) is 30.6 Å². The minimum Gasteiger partial charge on any atom is -0.352 e. The second-order valence-corrected chi connectivity index (χ2v) is 5.65. The number of anilines is 1. The summed E-state index contributed by atoms with van der Waals surface area (Å²) in [5.41, 5.74) is 2.10. The first-order chi connectivity index (χ1) is 12.2. The van der Waals surface area contributed by atoms with Crippen LogP contribution in [0.3, 0.4) is 0 Å². The molecule has 1 aromatic heterocycles. The molecule has 3 aromatic rings. The highest BCUT2D eigenvalue weighted by Gasteiger charge is 2.07. The van der Waals surface area contributed by atoms with E-state index in [9.17, 15) is 9.59 Å². The van der Waals surface area contributed by atoms with Crippen LogP contribution in [0.2, 0.25) is 0 Å². The van der Waals surface area contributed by atoms with E-state index in [2.05, 4.69) is 15.6 Å². The molecule has 0 bridgehead atoms. The molecule has 0 atom stereocenters. The Bertz CT molecular complexity index is 873. The molecule has 2 amide bonds. The van der Waals surface area contributed by atoms with Gasteiger partial charge in [-0.15, -0.1) is 0 Å². The van der Waals surface area contributed by atoms with Crippen molar-refractivity contribution in [1.82, 2.24) is 10.3 Å². The highest BCUT2D eigenvalue weighted by Crippen LogP contribution is 2.20. The molecule has 0 aliphatic carbocycles. The summed E-state index contributed by atoms with van der Waals surface area (Å²) in [5, 5.41) is 6.69. The number of nitrogens with zero attached hydrogens (tertiary/aromatic N) is 1. The first-order valence-corrected chi connectivity index (χ1v) is 8.21. The molecular weight excluding hydrogens is 314 g/mol. The number of benzene rings is 2. The molecule has 25 heavy (non-hydrogen) atoms. The Hall–Kier alpha value is -3.21. The van der Waals surface area contributed by atoms with E-state index in [1.54, 1.807) is 18.3 Å². The standard InChI is InChI=1S/C20H19N3O2/c24-18(12-6-14-22-20(25)16-7-2-1-3-8-16)23-17-11-4-9-15-10-5-13-21-19(15)17/h1-5,7-11,13H,6,12,14H2,(H,22,25)(H,23,24). The third kappa shape index (κ3) is 4.41. The summed E-state index contributed by atoms with van der Waals surface area (Å²) in [6.07, 6.45) is 2.61. The maximum absolute atomic E-state index is 12.1. The molecular formula is C20H19N3O2. The maximum Gasteiger partial charge on any atom is 0.251 e. The minimum absolute atomic E-state index is 0.0906.